The van der Waals surface area contributed by atoms with Gasteiger partial charge in [-0.2, -0.15) is 0 Å². The topological polar surface area (TPSA) is 18.5 Å². The molecule has 3 aliphatic heterocycles. The second-order valence-corrected chi connectivity index (χ2v) is 6.94. The SMILES string of the molecule is c1ccc2c(c1)NCC2CCN1CCN2CCCCC2C1. The molecule has 3 aliphatic rings. The molecule has 2 atom stereocenters. The van der Waals surface area contributed by atoms with E-state index in [1.54, 1.807) is 0 Å². The van der Waals surface area contributed by atoms with Gasteiger partial charge in [0.05, 0.1) is 0 Å². The summed E-state index contributed by atoms with van der Waals surface area (Å²) in [5, 5.41) is 3.56. The van der Waals surface area contributed by atoms with Crippen LogP contribution < -0.4 is 5.32 Å². The molecule has 3 heterocycles. The number of anilines is 1. The van der Waals surface area contributed by atoms with Gasteiger partial charge in [0.2, 0.25) is 0 Å². The summed E-state index contributed by atoms with van der Waals surface area (Å²) < 4.78 is 0. The number of para-hydroxylation sites is 1. The zero-order chi connectivity index (χ0) is 14.1. The van der Waals surface area contributed by atoms with Crippen molar-refractivity contribution in [2.75, 3.05) is 44.6 Å². The number of piperazine rings is 1. The number of hydrogen-bond acceptors (Lipinski definition) is 3. The maximum atomic E-state index is 3.56. The van der Waals surface area contributed by atoms with E-state index in [2.05, 4.69) is 39.4 Å². The summed E-state index contributed by atoms with van der Waals surface area (Å²) in [6.45, 7) is 7.62. The predicted molar refractivity (Wildman–Crippen MR) is 87.9 cm³/mol. The minimum atomic E-state index is 0.714. The van der Waals surface area contributed by atoms with Crippen LogP contribution in [0.1, 0.15) is 37.2 Å². The lowest BCUT2D eigenvalue weighted by molar-refractivity contribution is 0.0482. The fraction of sp³-hybridized carbons (Fsp3) is 0.667. The van der Waals surface area contributed by atoms with Gasteiger partial charge in [0.25, 0.3) is 0 Å². The van der Waals surface area contributed by atoms with Crippen molar-refractivity contribution in [1.29, 1.82) is 0 Å². The molecule has 0 aliphatic carbocycles. The second kappa shape index (κ2) is 5.98. The summed E-state index contributed by atoms with van der Waals surface area (Å²) in [4.78, 5) is 5.44. The van der Waals surface area contributed by atoms with Crippen molar-refractivity contribution in [1.82, 2.24) is 9.80 Å². The van der Waals surface area contributed by atoms with Crippen LogP contribution >= 0.6 is 0 Å². The molecule has 2 saturated heterocycles. The van der Waals surface area contributed by atoms with Crippen molar-refractivity contribution in [3.8, 4) is 0 Å². The third kappa shape index (κ3) is 2.82. The Bertz CT molecular complexity index is 487. The van der Waals surface area contributed by atoms with Crippen LogP contribution in [0.3, 0.4) is 0 Å². The Morgan fingerprint density at radius 2 is 2.05 bits per heavy atom. The first-order valence-corrected chi connectivity index (χ1v) is 8.69. The van der Waals surface area contributed by atoms with E-state index in [0.29, 0.717) is 5.92 Å². The number of hydrogen-bond donors (Lipinski definition) is 1. The van der Waals surface area contributed by atoms with E-state index in [1.165, 1.54) is 69.7 Å². The summed E-state index contributed by atoms with van der Waals surface area (Å²) in [5.41, 5.74) is 2.90. The highest BCUT2D eigenvalue weighted by molar-refractivity contribution is 5.57. The molecule has 0 amide bonds. The first kappa shape index (κ1) is 13.6. The molecule has 1 aromatic rings. The molecule has 0 spiro atoms. The van der Waals surface area contributed by atoms with Crippen molar-refractivity contribution in [3.63, 3.8) is 0 Å². The Hall–Kier alpha value is -1.06. The third-order valence-corrected chi connectivity index (χ3v) is 5.65. The van der Waals surface area contributed by atoms with Gasteiger partial charge in [-0.15, -0.1) is 0 Å². The van der Waals surface area contributed by atoms with Gasteiger partial charge < -0.3 is 10.2 Å². The number of fused-ring (bicyclic) bond motifs is 2. The van der Waals surface area contributed by atoms with Crippen LogP contribution in [0.2, 0.25) is 0 Å². The summed E-state index contributed by atoms with van der Waals surface area (Å²) in [6, 6.07) is 9.69. The molecule has 114 valence electrons. The zero-order valence-corrected chi connectivity index (χ0v) is 12.9. The van der Waals surface area contributed by atoms with E-state index in [1.807, 2.05) is 0 Å². The van der Waals surface area contributed by atoms with E-state index in [0.717, 1.165) is 12.6 Å². The Kier molecular flexibility index (Phi) is 3.87. The van der Waals surface area contributed by atoms with Gasteiger partial charge in [-0.25, -0.2) is 0 Å². The molecule has 1 N–H and O–H groups in total. The molecule has 1 aromatic carbocycles. The van der Waals surface area contributed by atoms with Crippen molar-refractivity contribution >= 4 is 5.69 Å². The van der Waals surface area contributed by atoms with E-state index < -0.39 is 0 Å². The highest BCUT2D eigenvalue weighted by Gasteiger charge is 2.29. The Balaban J connectivity index is 1.32. The predicted octanol–water partition coefficient (Wildman–Crippen LogP) is 2.76. The number of rotatable bonds is 3. The highest BCUT2D eigenvalue weighted by atomic mass is 15.3. The molecule has 2 unspecified atom stereocenters. The Morgan fingerprint density at radius 3 is 3.05 bits per heavy atom. The molecule has 4 rings (SSSR count). The second-order valence-electron chi connectivity index (χ2n) is 6.94. The van der Waals surface area contributed by atoms with E-state index in [-0.39, 0.29) is 0 Å². The minimum Gasteiger partial charge on any atom is -0.384 e. The third-order valence-electron chi connectivity index (χ3n) is 5.65. The molecule has 2 fully saturated rings. The Morgan fingerprint density at radius 1 is 1.10 bits per heavy atom. The normalized spacial score (nSPS) is 29.7. The van der Waals surface area contributed by atoms with Crippen LogP contribution in [0.5, 0.6) is 0 Å². The first-order chi connectivity index (χ1) is 10.4. The molecule has 0 radical (unpaired) electrons. The van der Waals surface area contributed by atoms with Gasteiger partial charge >= 0.3 is 0 Å². The van der Waals surface area contributed by atoms with E-state index >= 15 is 0 Å². The largest absolute Gasteiger partial charge is 0.384 e. The van der Waals surface area contributed by atoms with Gasteiger partial charge in [0.15, 0.2) is 0 Å². The fourth-order valence-corrected chi connectivity index (χ4v) is 4.38. The van der Waals surface area contributed by atoms with Crippen molar-refractivity contribution in [2.24, 2.45) is 0 Å². The van der Waals surface area contributed by atoms with Crippen molar-refractivity contribution in [3.05, 3.63) is 29.8 Å². The fourth-order valence-electron chi connectivity index (χ4n) is 4.38. The van der Waals surface area contributed by atoms with Gasteiger partial charge in [0, 0.05) is 43.8 Å². The zero-order valence-electron chi connectivity index (χ0n) is 12.9. The average molecular weight is 285 g/mol. The molecule has 0 saturated carbocycles. The van der Waals surface area contributed by atoms with Crippen LogP contribution in [0.4, 0.5) is 5.69 Å². The summed E-state index contributed by atoms with van der Waals surface area (Å²) in [7, 11) is 0. The van der Waals surface area contributed by atoms with Crippen molar-refractivity contribution in [2.45, 2.75) is 37.6 Å². The van der Waals surface area contributed by atoms with E-state index in [4.69, 9.17) is 0 Å². The lowest BCUT2D eigenvalue weighted by atomic mass is 9.96. The summed E-state index contributed by atoms with van der Waals surface area (Å²) >= 11 is 0. The molecular formula is C18H27N3. The standard InChI is InChI=1S/C18H27N3/c1-2-7-18-17(6-1)15(13-19-18)8-10-20-11-12-21-9-4-3-5-16(21)14-20/h1-2,6-7,15-16,19H,3-5,8-14H2. The molecule has 0 aromatic heterocycles. The summed E-state index contributed by atoms with van der Waals surface area (Å²) in [6.07, 6.45) is 5.58. The first-order valence-electron chi connectivity index (χ1n) is 8.69. The van der Waals surface area contributed by atoms with Crippen LogP contribution in [-0.4, -0.2) is 55.1 Å². The van der Waals surface area contributed by atoms with E-state index in [9.17, 15) is 0 Å². The highest BCUT2D eigenvalue weighted by Crippen LogP contribution is 2.33. The van der Waals surface area contributed by atoms with Gasteiger partial charge in [-0.05, 0) is 44.0 Å². The number of benzene rings is 1. The van der Waals surface area contributed by atoms with Gasteiger partial charge in [0.1, 0.15) is 0 Å². The summed E-state index contributed by atoms with van der Waals surface area (Å²) in [5.74, 6) is 0.714. The molecular weight excluding hydrogens is 258 g/mol. The average Bonchev–Trinajstić information content (AvgIpc) is 2.96. The lowest BCUT2D eigenvalue weighted by Gasteiger charge is -2.44. The molecule has 3 heteroatoms. The smallest absolute Gasteiger partial charge is 0.0376 e. The van der Waals surface area contributed by atoms with Crippen LogP contribution in [0.25, 0.3) is 0 Å². The van der Waals surface area contributed by atoms with Gasteiger partial charge in [-0.3, -0.25) is 4.90 Å². The van der Waals surface area contributed by atoms with Gasteiger partial charge in [-0.1, -0.05) is 24.6 Å². The lowest BCUT2D eigenvalue weighted by Crippen LogP contribution is -2.54. The number of piperidine rings is 1. The minimum absolute atomic E-state index is 0.714. The maximum absolute atomic E-state index is 3.56. The van der Waals surface area contributed by atoms with Crippen LogP contribution in [0, 0.1) is 0 Å². The Labute approximate surface area is 128 Å². The van der Waals surface area contributed by atoms with Crippen molar-refractivity contribution < 1.29 is 0 Å². The molecule has 3 nitrogen and oxygen atoms in total. The molecule has 21 heavy (non-hydrogen) atoms. The maximum Gasteiger partial charge on any atom is 0.0376 e. The quantitative estimate of drug-likeness (QED) is 0.921. The molecule has 0 bridgehead atoms. The number of nitrogens with zero attached hydrogens (tertiary/aromatic N) is 2. The van der Waals surface area contributed by atoms with Crippen LogP contribution in [-0.2, 0) is 0 Å². The van der Waals surface area contributed by atoms with Crippen LogP contribution in [0.15, 0.2) is 24.3 Å². The number of nitrogens with one attached hydrogen (secondary N) is 1. The monoisotopic (exact) mass is 285 g/mol.